The van der Waals surface area contributed by atoms with Crippen LogP contribution in [0.3, 0.4) is 0 Å². The number of fused-ring (bicyclic) bond motifs is 1. The zero-order valence-electron chi connectivity index (χ0n) is 12.8. The highest BCUT2D eigenvalue weighted by atomic mass is 35.5. The van der Waals surface area contributed by atoms with Crippen LogP contribution < -0.4 is 5.43 Å². The molecule has 1 heterocycles. The van der Waals surface area contributed by atoms with E-state index in [1.54, 1.807) is 0 Å². The molecule has 0 aliphatic rings. The highest BCUT2D eigenvalue weighted by Crippen LogP contribution is 2.28. The number of nitriles is 1. The Kier molecular flexibility index (Phi) is 4.11. The summed E-state index contributed by atoms with van der Waals surface area (Å²) in [5.41, 5.74) is 0.0345. The Labute approximate surface area is 147 Å². The van der Waals surface area contributed by atoms with Gasteiger partial charge in [0.25, 0.3) is 0 Å². The molecule has 0 fully saturated rings. The van der Waals surface area contributed by atoms with Gasteiger partial charge in [-0.1, -0.05) is 11.6 Å². The van der Waals surface area contributed by atoms with Gasteiger partial charge in [0.05, 0.1) is 33.1 Å². The molecule has 2 aromatic carbocycles. The number of rotatable bonds is 2. The number of halogens is 2. The fraction of sp³-hybridized carbons (Fsp3) is 0.0588. The average Bonchev–Trinajstić information content (AvgIpc) is 2.52. The number of aromatic amines is 1. The third-order valence-electron chi connectivity index (χ3n) is 3.64. The van der Waals surface area contributed by atoms with Crippen LogP contribution in [-0.2, 0) is 9.84 Å². The fourth-order valence-corrected chi connectivity index (χ4v) is 3.67. The van der Waals surface area contributed by atoms with E-state index in [9.17, 15) is 17.6 Å². The minimum atomic E-state index is -3.62. The van der Waals surface area contributed by atoms with Crippen LogP contribution in [0.1, 0.15) is 5.56 Å². The smallest absolute Gasteiger partial charge is 0.192 e. The van der Waals surface area contributed by atoms with E-state index in [1.807, 2.05) is 6.07 Å². The number of nitrogens with one attached hydrogen (secondary N) is 1. The largest absolute Gasteiger partial charge is 0.354 e. The molecule has 8 heteroatoms. The third-order valence-corrected chi connectivity index (χ3v) is 5.02. The van der Waals surface area contributed by atoms with Crippen molar-refractivity contribution in [3.05, 3.63) is 63.0 Å². The van der Waals surface area contributed by atoms with Crippen LogP contribution >= 0.6 is 11.6 Å². The summed E-state index contributed by atoms with van der Waals surface area (Å²) < 4.78 is 38.0. The van der Waals surface area contributed by atoms with Crippen LogP contribution in [0.5, 0.6) is 0 Å². The molecule has 0 unspecified atom stereocenters. The number of benzene rings is 2. The van der Waals surface area contributed by atoms with Gasteiger partial charge in [0.1, 0.15) is 5.82 Å². The molecule has 0 bridgehead atoms. The van der Waals surface area contributed by atoms with Gasteiger partial charge in [0.2, 0.25) is 0 Å². The van der Waals surface area contributed by atoms with Crippen LogP contribution in [-0.4, -0.2) is 19.7 Å². The van der Waals surface area contributed by atoms with Gasteiger partial charge in [0, 0.05) is 22.9 Å². The molecule has 126 valence electrons. The molecule has 5 nitrogen and oxygen atoms in total. The minimum absolute atomic E-state index is 0.0519. The van der Waals surface area contributed by atoms with Crippen LogP contribution in [0.4, 0.5) is 4.39 Å². The second kappa shape index (κ2) is 5.99. The molecule has 3 aromatic rings. The van der Waals surface area contributed by atoms with E-state index in [0.29, 0.717) is 0 Å². The Balaban J connectivity index is 2.42. The topological polar surface area (TPSA) is 90.8 Å². The van der Waals surface area contributed by atoms with Gasteiger partial charge in [-0.2, -0.15) is 5.26 Å². The van der Waals surface area contributed by atoms with Crippen LogP contribution in [0, 0.1) is 17.1 Å². The lowest BCUT2D eigenvalue weighted by Gasteiger charge is -2.10. The Morgan fingerprint density at radius 1 is 1.20 bits per heavy atom. The van der Waals surface area contributed by atoms with Gasteiger partial charge in [-0.3, -0.25) is 4.79 Å². The molecule has 0 radical (unpaired) electrons. The number of hydrogen-bond acceptors (Lipinski definition) is 4. The van der Waals surface area contributed by atoms with E-state index >= 15 is 0 Å². The van der Waals surface area contributed by atoms with Gasteiger partial charge in [-0.25, -0.2) is 12.8 Å². The highest BCUT2D eigenvalue weighted by Gasteiger charge is 2.18. The summed E-state index contributed by atoms with van der Waals surface area (Å²) in [6, 6.07) is 9.44. The Bertz CT molecular complexity index is 1230. The van der Waals surface area contributed by atoms with Gasteiger partial charge in [-0.05, 0) is 30.3 Å². The van der Waals surface area contributed by atoms with Crippen LogP contribution in [0.25, 0.3) is 22.2 Å². The van der Waals surface area contributed by atoms with Crippen molar-refractivity contribution in [2.45, 2.75) is 4.90 Å². The summed E-state index contributed by atoms with van der Waals surface area (Å²) in [5.74, 6) is -0.774. The van der Waals surface area contributed by atoms with E-state index in [2.05, 4.69) is 4.98 Å². The number of H-pyrrole nitrogens is 1. The fourth-order valence-electron chi connectivity index (χ4n) is 2.59. The molecule has 0 amide bonds. The molecule has 0 atom stereocenters. The number of nitrogens with zero attached hydrogens (tertiary/aromatic N) is 1. The molecule has 3 rings (SSSR count). The zero-order valence-corrected chi connectivity index (χ0v) is 14.4. The van der Waals surface area contributed by atoms with Crippen molar-refractivity contribution in [2.24, 2.45) is 0 Å². The molecule has 1 N–H and O–H groups in total. The predicted octanol–water partition coefficient (Wildman–Crippen LogP) is 3.26. The average molecular weight is 377 g/mol. The van der Waals surface area contributed by atoms with Crippen molar-refractivity contribution in [3.8, 4) is 17.3 Å². The monoisotopic (exact) mass is 376 g/mol. The number of pyridine rings is 1. The molecule has 0 spiro atoms. The standard InChI is InChI=1S/C17H10ClFN2O3S/c1-25(23,24)16-3-2-9(8-20)4-11(16)13-7-15(22)17-12(19)5-10(18)6-14(17)21-13/h2-7H,1H3,(H,21,22). The van der Waals surface area contributed by atoms with E-state index < -0.39 is 21.1 Å². The van der Waals surface area contributed by atoms with Gasteiger partial charge in [-0.15, -0.1) is 0 Å². The maximum absolute atomic E-state index is 14.0. The molecule has 0 aliphatic heterocycles. The highest BCUT2D eigenvalue weighted by molar-refractivity contribution is 7.90. The van der Waals surface area contributed by atoms with Crippen LogP contribution in [0.2, 0.25) is 5.02 Å². The lowest BCUT2D eigenvalue weighted by molar-refractivity contribution is 0.602. The maximum Gasteiger partial charge on any atom is 0.192 e. The quantitative estimate of drug-likeness (QED) is 0.743. The molecule has 25 heavy (non-hydrogen) atoms. The Morgan fingerprint density at radius 2 is 1.92 bits per heavy atom. The second-order valence-electron chi connectivity index (χ2n) is 5.45. The van der Waals surface area contributed by atoms with E-state index in [1.165, 1.54) is 24.3 Å². The van der Waals surface area contributed by atoms with Crippen LogP contribution in [0.15, 0.2) is 46.1 Å². The van der Waals surface area contributed by atoms with Crippen molar-refractivity contribution < 1.29 is 12.8 Å². The second-order valence-corrected chi connectivity index (χ2v) is 7.87. The molecule has 0 saturated heterocycles. The summed E-state index contributed by atoms with van der Waals surface area (Å²) in [4.78, 5) is 15.1. The first-order chi connectivity index (χ1) is 11.7. The predicted molar refractivity (Wildman–Crippen MR) is 92.8 cm³/mol. The Morgan fingerprint density at radius 3 is 2.56 bits per heavy atom. The minimum Gasteiger partial charge on any atom is -0.354 e. The molecular weight excluding hydrogens is 367 g/mol. The first kappa shape index (κ1) is 17.1. The normalized spacial score (nSPS) is 11.4. The summed E-state index contributed by atoms with van der Waals surface area (Å²) in [6.07, 6.45) is 1.02. The van der Waals surface area contributed by atoms with Gasteiger partial charge >= 0.3 is 0 Å². The van der Waals surface area contributed by atoms with Crippen molar-refractivity contribution in [1.29, 1.82) is 5.26 Å². The zero-order chi connectivity index (χ0) is 18.4. The van der Waals surface area contributed by atoms with Crippen molar-refractivity contribution >= 4 is 32.3 Å². The lowest BCUT2D eigenvalue weighted by atomic mass is 10.1. The van der Waals surface area contributed by atoms with Gasteiger partial charge in [0.15, 0.2) is 15.3 Å². The first-order valence-electron chi connectivity index (χ1n) is 6.97. The SMILES string of the molecule is CS(=O)(=O)c1ccc(C#N)cc1-c1cc(=O)c2c(F)cc(Cl)cc2[nH]1. The van der Waals surface area contributed by atoms with E-state index in [0.717, 1.165) is 18.4 Å². The third kappa shape index (κ3) is 3.14. The summed E-state index contributed by atoms with van der Waals surface area (Å²) in [6.45, 7) is 0. The van der Waals surface area contributed by atoms with E-state index in [4.69, 9.17) is 16.9 Å². The molecular formula is C17H10ClFN2O3S. The number of sulfone groups is 1. The first-order valence-corrected chi connectivity index (χ1v) is 9.24. The van der Waals surface area contributed by atoms with Crippen molar-refractivity contribution in [3.63, 3.8) is 0 Å². The molecule has 1 aromatic heterocycles. The maximum atomic E-state index is 14.0. The summed E-state index contributed by atoms with van der Waals surface area (Å²) >= 11 is 5.83. The number of hydrogen-bond donors (Lipinski definition) is 1. The molecule has 0 aliphatic carbocycles. The van der Waals surface area contributed by atoms with Gasteiger partial charge < -0.3 is 4.98 Å². The van der Waals surface area contributed by atoms with E-state index in [-0.39, 0.29) is 37.6 Å². The lowest BCUT2D eigenvalue weighted by Crippen LogP contribution is -2.07. The van der Waals surface area contributed by atoms with Crippen molar-refractivity contribution in [1.82, 2.24) is 4.98 Å². The summed E-state index contributed by atoms with van der Waals surface area (Å²) in [5, 5.41) is 8.98. The Hall–Kier alpha value is -2.69. The summed E-state index contributed by atoms with van der Waals surface area (Å²) in [7, 11) is -3.62. The van der Waals surface area contributed by atoms with Crippen molar-refractivity contribution in [2.75, 3.05) is 6.26 Å². The molecule has 0 saturated carbocycles. The number of aromatic nitrogens is 1.